The van der Waals surface area contributed by atoms with Gasteiger partial charge in [0.25, 0.3) is 0 Å². The van der Waals surface area contributed by atoms with Crippen LogP contribution in [0.1, 0.15) is 11.6 Å². The molecule has 1 aliphatic rings. The van der Waals surface area contributed by atoms with Gasteiger partial charge in [-0.1, -0.05) is 12.1 Å². The molecule has 5 heteroatoms. The maximum absolute atomic E-state index is 13.1. The number of piperazine rings is 1. The Balaban J connectivity index is 0.00000144. The molecule has 0 unspecified atom stereocenters. The number of benzene rings is 1. The van der Waals surface area contributed by atoms with Crippen molar-refractivity contribution < 1.29 is 9.50 Å². The fraction of sp³-hybridized carbons (Fsp3) is 0.500. The van der Waals surface area contributed by atoms with Crippen molar-refractivity contribution in [1.29, 1.82) is 0 Å². The van der Waals surface area contributed by atoms with Gasteiger partial charge in [0.05, 0.1) is 12.6 Å². The highest BCUT2D eigenvalue weighted by atomic mass is 35.5. The van der Waals surface area contributed by atoms with Gasteiger partial charge in [0.2, 0.25) is 0 Å². The van der Waals surface area contributed by atoms with E-state index in [1.807, 2.05) is 6.07 Å². The minimum atomic E-state index is -0.244. The molecule has 0 bridgehead atoms. The molecule has 17 heavy (non-hydrogen) atoms. The number of nitrogens with one attached hydrogen (secondary N) is 1. The van der Waals surface area contributed by atoms with Crippen molar-refractivity contribution in [3.8, 4) is 0 Å². The molecule has 0 spiro atoms. The van der Waals surface area contributed by atoms with Crippen molar-refractivity contribution in [2.24, 2.45) is 0 Å². The van der Waals surface area contributed by atoms with Crippen LogP contribution in [0.25, 0.3) is 0 Å². The number of halogens is 2. The summed E-state index contributed by atoms with van der Waals surface area (Å²) in [5.74, 6) is -0.244. The van der Waals surface area contributed by atoms with E-state index in [-0.39, 0.29) is 30.9 Å². The Labute approximate surface area is 107 Å². The van der Waals surface area contributed by atoms with Crippen LogP contribution >= 0.6 is 12.4 Å². The Bertz CT molecular complexity index is 345. The summed E-state index contributed by atoms with van der Waals surface area (Å²) < 4.78 is 13.1. The van der Waals surface area contributed by atoms with Gasteiger partial charge in [-0.3, -0.25) is 4.90 Å². The summed E-state index contributed by atoms with van der Waals surface area (Å²) in [5.41, 5.74) is 0.851. The number of hydrogen-bond acceptors (Lipinski definition) is 3. The summed E-state index contributed by atoms with van der Waals surface area (Å²) in [7, 11) is 0. The molecule has 0 aromatic heterocycles. The molecule has 1 atom stereocenters. The van der Waals surface area contributed by atoms with E-state index in [4.69, 9.17) is 0 Å². The molecule has 0 aliphatic carbocycles. The van der Waals surface area contributed by atoms with E-state index in [1.165, 1.54) is 12.1 Å². The highest BCUT2D eigenvalue weighted by molar-refractivity contribution is 5.85. The SMILES string of the molecule is Cl.OC[C@@H](c1cccc(F)c1)N1CCNCC1. The smallest absolute Gasteiger partial charge is 0.123 e. The molecule has 1 aromatic rings. The van der Waals surface area contributed by atoms with Crippen molar-refractivity contribution in [2.75, 3.05) is 32.8 Å². The van der Waals surface area contributed by atoms with Crippen LogP contribution < -0.4 is 5.32 Å². The number of nitrogens with zero attached hydrogens (tertiary/aromatic N) is 1. The van der Waals surface area contributed by atoms with Gasteiger partial charge in [0, 0.05) is 26.2 Å². The first-order valence-electron chi connectivity index (χ1n) is 5.62. The van der Waals surface area contributed by atoms with Gasteiger partial charge in [-0.25, -0.2) is 4.39 Å². The Kier molecular flexibility index (Phi) is 5.85. The highest BCUT2D eigenvalue weighted by Gasteiger charge is 2.21. The average molecular weight is 261 g/mol. The second kappa shape index (κ2) is 6.91. The molecule has 96 valence electrons. The van der Waals surface area contributed by atoms with E-state index in [2.05, 4.69) is 10.2 Å². The third-order valence-electron chi connectivity index (χ3n) is 3.00. The van der Waals surface area contributed by atoms with Crippen molar-refractivity contribution >= 4 is 12.4 Å². The summed E-state index contributed by atoms with van der Waals surface area (Å²) in [5, 5.41) is 12.7. The van der Waals surface area contributed by atoms with Crippen molar-refractivity contribution in [2.45, 2.75) is 6.04 Å². The molecule has 1 fully saturated rings. The van der Waals surface area contributed by atoms with Gasteiger partial charge in [-0.05, 0) is 17.7 Å². The fourth-order valence-corrected chi connectivity index (χ4v) is 2.14. The van der Waals surface area contributed by atoms with Gasteiger partial charge < -0.3 is 10.4 Å². The number of aliphatic hydroxyl groups excluding tert-OH is 1. The van der Waals surface area contributed by atoms with Crippen LogP contribution in [-0.2, 0) is 0 Å². The van der Waals surface area contributed by atoms with Crippen LogP contribution in [-0.4, -0.2) is 42.8 Å². The zero-order valence-corrected chi connectivity index (χ0v) is 10.4. The lowest BCUT2D eigenvalue weighted by Crippen LogP contribution is -2.46. The Hall–Kier alpha value is -0.680. The molecule has 3 nitrogen and oxygen atoms in total. The second-order valence-electron chi connectivity index (χ2n) is 4.04. The summed E-state index contributed by atoms with van der Waals surface area (Å²) in [6.45, 7) is 3.66. The lowest BCUT2D eigenvalue weighted by atomic mass is 10.1. The van der Waals surface area contributed by atoms with Crippen LogP contribution in [0, 0.1) is 5.82 Å². The van der Waals surface area contributed by atoms with E-state index >= 15 is 0 Å². The summed E-state index contributed by atoms with van der Waals surface area (Å²) in [6, 6.07) is 6.40. The summed E-state index contributed by atoms with van der Waals surface area (Å²) >= 11 is 0. The molecule has 1 heterocycles. The first-order valence-corrected chi connectivity index (χ1v) is 5.62. The maximum Gasteiger partial charge on any atom is 0.123 e. The quantitative estimate of drug-likeness (QED) is 0.857. The minimum Gasteiger partial charge on any atom is -0.394 e. The Morgan fingerprint density at radius 2 is 2.06 bits per heavy atom. The third kappa shape index (κ3) is 3.64. The van der Waals surface area contributed by atoms with E-state index in [0.717, 1.165) is 31.7 Å². The zero-order chi connectivity index (χ0) is 11.4. The monoisotopic (exact) mass is 260 g/mol. The molecule has 0 saturated carbocycles. The molecule has 1 aliphatic heterocycles. The van der Waals surface area contributed by atoms with Crippen LogP contribution in [0.3, 0.4) is 0 Å². The van der Waals surface area contributed by atoms with Gasteiger partial charge in [-0.15, -0.1) is 12.4 Å². The zero-order valence-electron chi connectivity index (χ0n) is 9.60. The highest BCUT2D eigenvalue weighted by Crippen LogP contribution is 2.21. The van der Waals surface area contributed by atoms with Crippen molar-refractivity contribution in [1.82, 2.24) is 10.2 Å². The number of aliphatic hydroxyl groups is 1. The van der Waals surface area contributed by atoms with E-state index in [1.54, 1.807) is 6.07 Å². The second-order valence-corrected chi connectivity index (χ2v) is 4.04. The normalized spacial score (nSPS) is 18.5. The van der Waals surface area contributed by atoms with E-state index in [0.29, 0.717) is 0 Å². The molecule has 1 saturated heterocycles. The first-order chi connectivity index (χ1) is 7.81. The van der Waals surface area contributed by atoms with E-state index in [9.17, 15) is 9.50 Å². The van der Waals surface area contributed by atoms with Crippen LogP contribution in [0.15, 0.2) is 24.3 Å². The molecule has 1 aromatic carbocycles. The van der Waals surface area contributed by atoms with Crippen LogP contribution in [0.2, 0.25) is 0 Å². The lowest BCUT2D eigenvalue weighted by Gasteiger charge is -2.34. The van der Waals surface area contributed by atoms with Crippen LogP contribution in [0.5, 0.6) is 0 Å². The largest absolute Gasteiger partial charge is 0.394 e. The molecule has 0 amide bonds. The summed E-state index contributed by atoms with van der Waals surface area (Å²) in [6.07, 6.45) is 0. The molecule has 2 N–H and O–H groups in total. The lowest BCUT2D eigenvalue weighted by molar-refractivity contribution is 0.110. The standard InChI is InChI=1S/C12H17FN2O.ClH/c13-11-3-1-2-10(8-11)12(9-16)15-6-4-14-5-7-15;/h1-3,8,12,14,16H,4-7,9H2;1H/t12-;/m0./s1. The molecule has 0 radical (unpaired) electrons. The minimum absolute atomic E-state index is 0. The predicted molar refractivity (Wildman–Crippen MR) is 67.9 cm³/mol. The fourth-order valence-electron chi connectivity index (χ4n) is 2.14. The van der Waals surface area contributed by atoms with Gasteiger partial charge in [0.1, 0.15) is 5.82 Å². The Morgan fingerprint density at radius 3 is 2.65 bits per heavy atom. The van der Waals surface area contributed by atoms with Gasteiger partial charge in [-0.2, -0.15) is 0 Å². The van der Waals surface area contributed by atoms with Crippen molar-refractivity contribution in [3.05, 3.63) is 35.6 Å². The molecular weight excluding hydrogens is 243 g/mol. The van der Waals surface area contributed by atoms with Gasteiger partial charge in [0.15, 0.2) is 0 Å². The molecule has 2 rings (SSSR count). The van der Waals surface area contributed by atoms with Crippen molar-refractivity contribution in [3.63, 3.8) is 0 Å². The first kappa shape index (κ1) is 14.4. The third-order valence-corrected chi connectivity index (χ3v) is 3.00. The van der Waals surface area contributed by atoms with Crippen LogP contribution in [0.4, 0.5) is 4.39 Å². The molecular formula is C12H18ClFN2O. The number of hydrogen-bond donors (Lipinski definition) is 2. The topological polar surface area (TPSA) is 35.5 Å². The average Bonchev–Trinajstić information content (AvgIpc) is 2.31. The van der Waals surface area contributed by atoms with Gasteiger partial charge >= 0.3 is 0 Å². The summed E-state index contributed by atoms with van der Waals surface area (Å²) in [4.78, 5) is 2.19. The maximum atomic E-state index is 13.1. The Morgan fingerprint density at radius 1 is 1.35 bits per heavy atom. The number of rotatable bonds is 3. The predicted octanol–water partition coefficient (Wildman–Crippen LogP) is 1.19. The van der Waals surface area contributed by atoms with E-state index < -0.39 is 0 Å².